The van der Waals surface area contributed by atoms with Gasteiger partial charge in [-0.1, -0.05) is 32.5 Å². The molecule has 0 atom stereocenters. The molecule has 0 aliphatic rings. The minimum absolute atomic E-state index is 0.00831. The molecule has 4 aromatic rings. The number of carbonyl (C=O) groups is 1. The van der Waals surface area contributed by atoms with Crippen molar-refractivity contribution in [3.05, 3.63) is 47.5 Å². The summed E-state index contributed by atoms with van der Waals surface area (Å²) in [5.74, 6) is 1.26. The van der Waals surface area contributed by atoms with Gasteiger partial charge in [0.15, 0.2) is 0 Å². The van der Waals surface area contributed by atoms with Crippen molar-refractivity contribution in [1.29, 1.82) is 0 Å². The smallest absolute Gasteiger partial charge is 0.255 e. The summed E-state index contributed by atoms with van der Waals surface area (Å²) in [6.07, 6.45) is 3.57. The number of fused-ring (bicyclic) bond motifs is 1. The summed E-state index contributed by atoms with van der Waals surface area (Å²) in [5.41, 5.74) is 8.94. The zero-order valence-electron chi connectivity index (χ0n) is 21.6. The molecule has 0 fully saturated rings. The van der Waals surface area contributed by atoms with E-state index in [1.165, 1.54) is 16.5 Å². The second kappa shape index (κ2) is 8.60. The second-order valence-corrected chi connectivity index (χ2v) is 10.2. The van der Waals surface area contributed by atoms with Crippen molar-refractivity contribution in [2.45, 2.75) is 12.0 Å². The third kappa shape index (κ3) is 4.12. The Bertz CT molecular complexity index is 1430. The van der Waals surface area contributed by atoms with Crippen LogP contribution in [0, 0.1) is 6.92 Å². The van der Waals surface area contributed by atoms with Crippen molar-refractivity contribution in [3.8, 4) is 11.4 Å². The SMILES string of the molecule is Bc1c(B)c(C(B)(B)B)c(B)c(B)c1C(=O)Nc1cc2nc(-c3cnc(C)n3C)ccc2cn1. The van der Waals surface area contributed by atoms with Crippen molar-refractivity contribution >= 4 is 99.4 Å². The van der Waals surface area contributed by atoms with E-state index in [1.54, 1.807) is 6.20 Å². The minimum Gasteiger partial charge on any atom is -0.330 e. The summed E-state index contributed by atoms with van der Waals surface area (Å²) in [4.78, 5) is 27.1. The number of aromatic nitrogens is 4. The van der Waals surface area contributed by atoms with Crippen LogP contribution in [0.4, 0.5) is 5.82 Å². The summed E-state index contributed by atoms with van der Waals surface area (Å²) < 4.78 is 2.01. The highest BCUT2D eigenvalue weighted by atomic mass is 16.1. The number of rotatable bonds is 4. The average molecular weight is 440 g/mol. The molecule has 3 aromatic heterocycles. The maximum atomic E-state index is 13.4. The molecule has 34 heavy (non-hydrogen) atoms. The number of benzene rings is 1. The van der Waals surface area contributed by atoms with E-state index in [0.29, 0.717) is 5.82 Å². The van der Waals surface area contributed by atoms with Crippen LogP contribution in [0.25, 0.3) is 22.3 Å². The Labute approximate surface area is 207 Å². The van der Waals surface area contributed by atoms with Gasteiger partial charge in [-0.05, 0) is 19.1 Å². The Morgan fingerprint density at radius 3 is 2.18 bits per heavy atom. The number of amides is 1. The molecular weight excluding hydrogens is 414 g/mol. The number of nitrogens with one attached hydrogen (secondary N) is 1. The van der Waals surface area contributed by atoms with Gasteiger partial charge in [0.25, 0.3) is 5.91 Å². The van der Waals surface area contributed by atoms with Crippen LogP contribution in [0.1, 0.15) is 21.7 Å². The number of aryl methyl sites for hydroxylation is 1. The van der Waals surface area contributed by atoms with E-state index in [2.05, 4.69) is 54.5 Å². The van der Waals surface area contributed by atoms with Gasteiger partial charge in [-0.2, -0.15) is 0 Å². The molecule has 1 amide bonds. The highest BCUT2D eigenvalue weighted by molar-refractivity contribution is 6.66. The molecule has 0 bridgehead atoms. The van der Waals surface area contributed by atoms with Crippen LogP contribution in [0.3, 0.4) is 0 Å². The van der Waals surface area contributed by atoms with Crippen LogP contribution in [-0.4, -0.2) is 80.4 Å². The maximum Gasteiger partial charge on any atom is 0.255 e. The molecule has 162 valence electrons. The molecular formula is C21H26B7N5O. The number of imidazole rings is 1. The number of hydrogen-bond acceptors (Lipinski definition) is 4. The lowest BCUT2D eigenvalue weighted by atomic mass is 9.37. The standard InChI is InChI=1S/C21H26B7N5O/c1-8-29-7-12(33(8)2)10-4-3-9-6-30-13(5-11(9)31-10)32-20(34)14-16(22)18(24)15(21(26,27)28)19(25)17(14)23/h3-7H,22-28H2,1-2H3,(H,30,32,34). The summed E-state index contributed by atoms with van der Waals surface area (Å²) in [6.45, 7) is 1.96. The Morgan fingerprint density at radius 2 is 1.62 bits per heavy atom. The van der Waals surface area contributed by atoms with Gasteiger partial charge < -0.3 is 9.88 Å². The predicted octanol–water partition coefficient (Wildman–Crippen LogP) is -6.37. The van der Waals surface area contributed by atoms with Gasteiger partial charge in [-0.15, -0.1) is 0 Å². The first-order valence-electron chi connectivity index (χ1n) is 11.6. The Morgan fingerprint density at radius 1 is 0.971 bits per heavy atom. The first-order chi connectivity index (χ1) is 15.9. The second-order valence-electron chi connectivity index (χ2n) is 10.2. The van der Waals surface area contributed by atoms with Crippen LogP contribution in [-0.2, 0) is 12.2 Å². The lowest BCUT2D eigenvalue weighted by Crippen LogP contribution is -2.54. The van der Waals surface area contributed by atoms with Crippen LogP contribution in [0.15, 0.2) is 30.6 Å². The molecule has 0 aliphatic carbocycles. The van der Waals surface area contributed by atoms with Gasteiger partial charge in [0, 0.05) is 30.3 Å². The molecule has 1 N–H and O–H groups in total. The molecule has 1 aromatic carbocycles. The number of carbonyl (C=O) groups excluding carboxylic acids is 1. The molecule has 0 saturated heterocycles. The molecule has 6 nitrogen and oxygen atoms in total. The first-order valence-corrected chi connectivity index (χ1v) is 11.6. The average Bonchev–Trinajstić information content (AvgIpc) is 3.09. The zero-order chi connectivity index (χ0) is 24.9. The lowest BCUT2D eigenvalue weighted by Gasteiger charge is -2.30. The zero-order valence-corrected chi connectivity index (χ0v) is 21.6. The van der Waals surface area contributed by atoms with Gasteiger partial charge in [0.2, 0.25) is 0 Å². The first kappa shape index (κ1) is 24.1. The van der Waals surface area contributed by atoms with Crippen molar-refractivity contribution in [3.63, 3.8) is 0 Å². The molecule has 13 heteroatoms. The van der Waals surface area contributed by atoms with Crippen LogP contribution in [0.5, 0.6) is 0 Å². The quantitative estimate of drug-likeness (QED) is 0.321. The van der Waals surface area contributed by atoms with Crippen molar-refractivity contribution < 1.29 is 4.79 Å². The fourth-order valence-corrected chi connectivity index (χ4v) is 4.92. The Balaban J connectivity index is 1.72. The van der Waals surface area contributed by atoms with Crippen LogP contribution in [0.2, 0.25) is 0 Å². The summed E-state index contributed by atoms with van der Waals surface area (Å²) in [5, 5.41) is 3.93. The monoisotopic (exact) mass is 441 g/mol. The van der Waals surface area contributed by atoms with E-state index in [1.807, 2.05) is 58.6 Å². The number of hydrogen-bond donors (Lipinski definition) is 1. The van der Waals surface area contributed by atoms with E-state index in [9.17, 15) is 4.79 Å². The van der Waals surface area contributed by atoms with E-state index >= 15 is 0 Å². The van der Waals surface area contributed by atoms with E-state index < -0.39 is 0 Å². The molecule has 4 rings (SSSR count). The van der Waals surface area contributed by atoms with Crippen molar-refractivity contribution in [2.75, 3.05) is 5.32 Å². The van der Waals surface area contributed by atoms with Crippen molar-refractivity contribution in [1.82, 2.24) is 19.5 Å². The molecule has 0 saturated carbocycles. The molecule has 0 radical (unpaired) electrons. The normalized spacial score (nSPS) is 11.6. The third-order valence-corrected chi connectivity index (χ3v) is 6.90. The number of nitrogens with zero attached hydrogens (tertiary/aromatic N) is 4. The van der Waals surface area contributed by atoms with Gasteiger partial charge in [-0.25, -0.2) is 15.0 Å². The fraction of sp³-hybridized carbons (Fsp3) is 0.143. The van der Waals surface area contributed by atoms with E-state index in [4.69, 9.17) is 4.98 Å². The number of anilines is 1. The van der Waals surface area contributed by atoms with Crippen LogP contribution >= 0.6 is 0 Å². The molecule has 3 heterocycles. The Kier molecular flexibility index (Phi) is 6.09. The lowest BCUT2D eigenvalue weighted by molar-refractivity contribution is 0.102. The largest absolute Gasteiger partial charge is 0.330 e. The predicted molar refractivity (Wildman–Crippen MR) is 161 cm³/mol. The van der Waals surface area contributed by atoms with Crippen LogP contribution < -0.4 is 27.2 Å². The molecule has 0 unspecified atom stereocenters. The molecule has 0 aliphatic heterocycles. The van der Waals surface area contributed by atoms with Gasteiger partial charge in [0.1, 0.15) is 43.0 Å². The van der Waals surface area contributed by atoms with Gasteiger partial charge >= 0.3 is 0 Å². The highest BCUT2D eigenvalue weighted by Crippen LogP contribution is 2.22. The molecule has 0 spiro atoms. The highest BCUT2D eigenvalue weighted by Gasteiger charge is 2.25. The fourth-order valence-electron chi connectivity index (χ4n) is 4.92. The van der Waals surface area contributed by atoms with E-state index in [0.717, 1.165) is 44.6 Å². The van der Waals surface area contributed by atoms with E-state index in [-0.39, 0.29) is 11.0 Å². The number of pyridine rings is 2. The Hall–Kier alpha value is -3.09. The summed E-state index contributed by atoms with van der Waals surface area (Å²) in [7, 11) is 16.9. The minimum atomic E-state index is -0.146. The van der Waals surface area contributed by atoms with Crippen molar-refractivity contribution in [2.24, 2.45) is 7.05 Å². The summed E-state index contributed by atoms with van der Waals surface area (Å²) in [6, 6.07) is 5.78. The third-order valence-electron chi connectivity index (χ3n) is 6.90. The maximum absolute atomic E-state index is 13.4. The summed E-state index contributed by atoms with van der Waals surface area (Å²) >= 11 is 0. The van der Waals surface area contributed by atoms with Gasteiger partial charge in [0.05, 0.1) is 46.6 Å². The van der Waals surface area contributed by atoms with Gasteiger partial charge in [-0.3, -0.25) is 4.79 Å². The topological polar surface area (TPSA) is 72.7 Å².